The maximum atomic E-state index is 8.85. The van der Waals surface area contributed by atoms with Crippen molar-refractivity contribution >= 4 is 11.6 Å². The van der Waals surface area contributed by atoms with Crippen molar-refractivity contribution in [2.45, 2.75) is 11.8 Å². The van der Waals surface area contributed by atoms with Crippen LogP contribution >= 0.6 is 11.6 Å². The van der Waals surface area contributed by atoms with Gasteiger partial charge in [0.1, 0.15) is 5.75 Å². The second-order valence-electron chi connectivity index (χ2n) is 3.95. The number of methoxy groups -OCH3 is 1. The van der Waals surface area contributed by atoms with E-state index in [-0.39, 0.29) is 5.41 Å². The number of nitriles is 1. The van der Waals surface area contributed by atoms with Crippen LogP contribution in [-0.2, 0) is 10.2 Å². The molecule has 0 radical (unpaired) electrons. The minimum Gasteiger partial charge on any atom is -0.497 e. The molecule has 0 unspecified atom stereocenters. The van der Waals surface area contributed by atoms with Crippen molar-refractivity contribution in [1.82, 2.24) is 0 Å². The lowest BCUT2D eigenvalue weighted by Gasteiger charge is -2.40. The first-order valence-electron chi connectivity index (χ1n) is 5.00. The summed E-state index contributed by atoms with van der Waals surface area (Å²) >= 11 is 6.20. The van der Waals surface area contributed by atoms with Gasteiger partial charge in [0.15, 0.2) is 0 Å². The Labute approximate surface area is 99.5 Å². The molecule has 3 nitrogen and oxygen atoms in total. The van der Waals surface area contributed by atoms with Crippen molar-refractivity contribution in [3.8, 4) is 11.8 Å². The molecule has 0 bridgehead atoms. The monoisotopic (exact) mass is 237 g/mol. The van der Waals surface area contributed by atoms with Crippen LogP contribution in [0, 0.1) is 11.3 Å². The summed E-state index contributed by atoms with van der Waals surface area (Å²) in [6.45, 7) is 1.12. The Morgan fingerprint density at radius 2 is 2.31 bits per heavy atom. The van der Waals surface area contributed by atoms with Crippen LogP contribution < -0.4 is 4.74 Å². The summed E-state index contributed by atoms with van der Waals surface area (Å²) in [6.07, 6.45) is 0.430. The molecule has 0 saturated carbocycles. The maximum absolute atomic E-state index is 8.85. The molecule has 1 aromatic rings. The lowest BCUT2D eigenvalue weighted by Crippen LogP contribution is -2.46. The third kappa shape index (κ3) is 1.75. The molecule has 0 aromatic heterocycles. The second-order valence-corrected chi connectivity index (χ2v) is 4.36. The zero-order chi connectivity index (χ0) is 11.6. The smallest absolute Gasteiger partial charge is 0.120 e. The van der Waals surface area contributed by atoms with E-state index in [4.69, 9.17) is 26.3 Å². The van der Waals surface area contributed by atoms with Gasteiger partial charge in [0.2, 0.25) is 0 Å². The van der Waals surface area contributed by atoms with Gasteiger partial charge >= 0.3 is 0 Å². The summed E-state index contributed by atoms with van der Waals surface area (Å²) in [7, 11) is 1.60. The number of rotatable bonds is 3. The highest BCUT2D eigenvalue weighted by atomic mass is 35.5. The quantitative estimate of drug-likeness (QED) is 0.811. The molecule has 0 spiro atoms. The van der Waals surface area contributed by atoms with Crippen LogP contribution in [0.2, 0.25) is 5.02 Å². The van der Waals surface area contributed by atoms with Crippen molar-refractivity contribution in [2.24, 2.45) is 0 Å². The van der Waals surface area contributed by atoms with Crippen LogP contribution in [0.1, 0.15) is 12.0 Å². The Balaban J connectivity index is 2.36. The first kappa shape index (κ1) is 11.3. The van der Waals surface area contributed by atoms with Crippen LogP contribution in [-0.4, -0.2) is 20.3 Å². The summed E-state index contributed by atoms with van der Waals surface area (Å²) in [5, 5.41) is 9.48. The number of benzene rings is 1. The molecule has 1 aromatic carbocycles. The molecule has 84 valence electrons. The molecule has 4 heteroatoms. The third-order valence-electron chi connectivity index (χ3n) is 2.92. The van der Waals surface area contributed by atoms with Gasteiger partial charge in [0.25, 0.3) is 0 Å². The molecular formula is C12H12ClNO2. The summed E-state index contributed by atoms with van der Waals surface area (Å²) in [5.74, 6) is 0.723. The Bertz CT molecular complexity index is 435. The average molecular weight is 238 g/mol. The summed E-state index contributed by atoms with van der Waals surface area (Å²) < 4.78 is 10.3. The molecule has 1 heterocycles. The van der Waals surface area contributed by atoms with E-state index in [1.165, 1.54) is 0 Å². The van der Waals surface area contributed by atoms with Gasteiger partial charge in [-0.3, -0.25) is 0 Å². The molecule has 16 heavy (non-hydrogen) atoms. The Kier molecular flexibility index (Phi) is 3.04. The number of hydrogen-bond donors (Lipinski definition) is 0. The normalized spacial score (nSPS) is 17.3. The molecule has 0 amide bonds. The van der Waals surface area contributed by atoms with E-state index in [2.05, 4.69) is 6.07 Å². The van der Waals surface area contributed by atoms with Crippen molar-refractivity contribution in [3.05, 3.63) is 28.8 Å². The molecule has 1 aliphatic rings. The van der Waals surface area contributed by atoms with Gasteiger partial charge in [0.05, 0.1) is 31.8 Å². The summed E-state index contributed by atoms with van der Waals surface area (Å²) in [4.78, 5) is 0. The number of nitrogens with zero attached hydrogens (tertiary/aromatic N) is 1. The van der Waals surface area contributed by atoms with Crippen LogP contribution in [0.3, 0.4) is 0 Å². The lowest BCUT2D eigenvalue weighted by atomic mass is 9.76. The van der Waals surface area contributed by atoms with Gasteiger partial charge in [-0.1, -0.05) is 17.7 Å². The van der Waals surface area contributed by atoms with Crippen molar-refractivity contribution < 1.29 is 9.47 Å². The van der Waals surface area contributed by atoms with E-state index in [0.717, 1.165) is 11.3 Å². The topological polar surface area (TPSA) is 42.2 Å². The average Bonchev–Trinajstić information content (AvgIpc) is 2.24. The Hall–Kier alpha value is -1.24. The summed E-state index contributed by atoms with van der Waals surface area (Å²) in [6, 6.07) is 7.74. The first-order chi connectivity index (χ1) is 7.72. The van der Waals surface area contributed by atoms with Gasteiger partial charge in [0, 0.05) is 11.4 Å². The van der Waals surface area contributed by atoms with E-state index in [1.54, 1.807) is 13.2 Å². The molecule has 0 atom stereocenters. The molecule has 2 rings (SSSR count). The third-order valence-corrected chi connectivity index (χ3v) is 3.23. The Morgan fingerprint density at radius 1 is 1.56 bits per heavy atom. The van der Waals surface area contributed by atoms with Crippen LogP contribution in [0.5, 0.6) is 5.75 Å². The highest BCUT2D eigenvalue weighted by Crippen LogP contribution is 2.40. The maximum Gasteiger partial charge on any atom is 0.120 e. The molecule has 1 aliphatic heterocycles. The van der Waals surface area contributed by atoms with Crippen molar-refractivity contribution in [3.63, 3.8) is 0 Å². The zero-order valence-corrected chi connectivity index (χ0v) is 9.75. The van der Waals surface area contributed by atoms with E-state index in [0.29, 0.717) is 24.7 Å². The molecule has 0 N–H and O–H groups in total. The lowest BCUT2D eigenvalue weighted by molar-refractivity contribution is -0.0576. The largest absolute Gasteiger partial charge is 0.497 e. The predicted octanol–water partition coefficient (Wildman–Crippen LogP) is 2.53. The van der Waals surface area contributed by atoms with Gasteiger partial charge in [-0.15, -0.1) is 0 Å². The zero-order valence-electron chi connectivity index (χ0n) is 9.00. The van der Waals surface area contributed by atoms with E-state index in [1.807, 2.05) is 12.1 Å². The molecule has 1 fully saturated rings. The fraction of sp³-hybridized carbons (Fsp3) is 0.417. The van der Waals surface area contributed by atoms with E-state index >= 15 is 0 Å². The van der Waals surface area contributed by atoms with Gasteiger partial charge in [-0.05, 0) is 17.7 Å². The minimum atomic E-state index is -0.224. The number of halogens is 1. The standard InChI is InChI=1S/C12H12ClNO2/c1-15-9-2-3-10(11(13)6-9)12(4-5-14)7-16-8-12/h2-3,6H,4,7-8H2,1H3. The predicted molar refractivity (Wildman–Crippen MR) is 60.7 cm³/mol. The van der Waals surface area contributed by atoms with Crippen molar-refractivity contribution in [1.29, 1.82) is 5.26 Å². The Morgan fingerprint density at radius 3 is 2.75 bits per heavy atom. The van der Waals surface area contributed by atoms with Crippen molar-refractivity contribution in [2.75, 3.05) is 20.3 Å². The number of ether oxygens (including phenoxy) is 2. The number of hydrogen-bond acceptors (Lipinski definition) is 3. The highest BCUT2D eigenvalue weighted by Gasteiger charge is 2.41. The second kappa shape index (κ2) is 4.32. The van der Waals surface area contributed by atoms with E-state index in [9.17, 15) is 0 Å². The van der Waals surface area contributed by atoms with Crippen LogP contribution in [0.15, 0.2) is 18.2 Å². The van der Waals surface area contributed by atoms with Crippen LogP contribution in [0.25, 0.3) is 0 Å². The summed E-state index contributed by atoms with van der Waals surface area (Å²) in [5.41, 5.74) is 0.751. The fourth-order valence-electron chi connectivity index (χ4n) is 1.91. The molecule has 0 aliphatic carbocycles. The van der Waals surface area contributed by atoms with Gasteiger partial charge < -0.3 is 9.47 Å². The molecule has 1 saturated heterocycles. The SMILES string of the molecule is COc1ccc(C2(CC#N)COC2)c(Cl)c1. The first-order valence-corrected chi connectivity index (χ1v) is 5.38. The minimum absolute atomic E-state index is 0.224. The molecular weight excluding hydrogens is 226 g/mol. The highest BCUT2D eigenvalue weighted by molar-refractivity contribution is 6.31. The van der Waals surface area contributed by atoms with Crippen LogP contribution in [0.4, 0.5) is 0 Å². The van der Waals surface area contributed by atoms with Gasteiger partial charge in [-0.2, -0.15) is 5.26 Å². The van der Waals surface area contributed by atoms with E-state index < -0.39 is 0 Å². The van der Waals surface area contributed by atoms with Gasteiger partial charge in [-0.25, -0.2) is 0 Å². The fourth-order valence-corrected chi connectivity index (χ4v) is 2.28.